The van der Waals surface area contributed by atoms with E-state index in [1.54, 1.807) is 0 Å². The minimum Gasteiger partial charge on any atom is -0.444 e. The van der Waals surface area contributed by atoms with Gasteiger partial charge in [0.25, 0.3) is 0 Å². The van der Waals surface area contributed by atoms with Crippen molar-refractivity contribution < 1.29 is 9.53 Å². The Labute approximate surface area is 135 Å². The van der Waals surface area contributed by atoms with Gasteiger partial charge in [-0.25, -0.2) is 4.79 Å². The van der Waals surface area contributed by atoms with Crippen LogP contribution >= 0.6 is 0 Å². The molecule has 0 heterocycles. The van der Waals surface area contributed by atoms with Crippen molar-refractivity contribution in [1.29, 1.82) is 0 Å². The van der Waals surface area contributed by atoms with Crippen molar-refractivity contribution in [1.82, 2.24) is 10.6 Å². The molecule has 0 aromatic heterocycles. The van der Waals surface area contributed by atoms with E-state index in [1.165, 1.54) is 19.3 Å². The van der Waals surface area contributed by atoms with Gasteiger partial charge in [0.15, 0.2) is 0 Å². The summed E-state index contributed by atoms with van der Waals surface area (Å²) in [5.74, 6) is 0.514. The van der Waals surface area contributed by atoms with Crippen LogP contribution in [0.25, 0.3) is 0 Å². The van der Waals surface area contributed by atoms with Gasteiger partial charge in [0.05, 0.1) is 0 Å². The molecule has 0 aromatic rings. The van der Waals surface area contributed by atoms with Gasteiger partial charge in [-0.3, -0.25) is 0 Å². The summed E-state index contributed by atoms with van der Waals surface area (Å²) < 4.78 is 5.32. The van der Waals surface area contributed by atoms with Crippen molar-refractivity contribution in [3.8, 4) is 0 Å². The first-order valence-electron chi connectivity index (χ1n) is 8.68. The number of nitrogens with one attached hydrogen (secondary N) is 2. The molecule has 2 atom stereocenters. The van der Waals surface area contributed by atoms with E-state index in [-0.39, 0.29) is 6.09 Å². The molecule has 0 bridgehead atoms. The molecule has 0 saturated heterocycles. The summed E-state index contributed by atoms with van der Waals surface area (Å²) in [5.41, 5.74) is 0.289. The SMILES string of the molecule is CC(C)(C)OC(=O)NCC1CCCC1NC1C(C)(C)C1(C)C. The third kappa shape index (κ3) is 3.58. The molecule has 0 radical (unpaired) electrons. The summed E-state index contributed by atoms with van der Waals surface area (Å²) in [6.45, 7) is 15.7. The van der Waals surface area contributed by atoms with Crippen LogP contribution in [0.3, 0.4) is 0 Å². The molecule has 4 heteroatoms. The monoisotopic (exact) mass is 310 g/mol. The highest BCUT2D eigenvalue weighted by atomic mass is 16.6. The molecule has 0 aromatic carbocycles. The molecule has 2 unspecified atom stereocenters. The fraction of sp³-hybridized carbons (Fsp3) is 0.944. The summed E-state index contributed by atoms with van der Waals surface area (Å²) in [5, 5.41) is 6.81. The average molecular weight is 310 g/mol. The van der Waals surface area contributed by atoms with Gasteiger partial charge in [-0.2, -0.15) is 0 Å². The van der Waals surface area contributed by atoms with Gasteiger partial charge in [-0.1, -0.05) is 34.1 Å². The molecule has 128 valence electrons. The summed E-state index contributed by atoms with van der Waals surface area (Å²) in [6.07, 6.45) is 3.33. The maximum absolute atomic E-state index is 11.8. The van der Waals surface area contributed by atoms with Gasteiger partial charge in [0, 0.05) is 18.6 Å². The molecule has 1 amide bonds. The highest BCUT2D eigenvalue weighted by molar-refractivity contribution is 5.67. The lowest BCUT2D eigenvalue weighted by Crippen LogP contribution is -2.42. The van der Waals surface area contributed by atoms with Crippen LogP contribution in [0.15, 0.2) is 0 Å². The fourth-order valence-corrected chi connectivity index (χ4v) is 3.86. The molecule has 22 heavy (non-hydrogen) atoms. The number of alkyl carbamates (subject to hydrolysis) is 1. The zero-order valence-electron chi connectivity index (χ0n) is 15.4. The second kappa shape index (κ2) is 5.70. The second-order valence-electron chi connectivity index (χ2n) is 9.22. The lowest BCUT2D eigenvalue weighted by atomic mass is 10.0. The Hall–Kier alpha value is -0.770. The highest BCUT2D eigenvalue weighted by Gasteiger charge is 2.65. The molecule has 4 nitrogen and oxygen atoms in total. The maximum Gasteiger partial charge on any atom is 0.407 e. The molecule has 2 aliphatic carbocycles. The Bertz CT molecular complexity index is 409. The molecule has 2 N–H and O–H groups in total. The molecule has 2 saturated carbocycles. The van der Waals surface area contributed by atoms with Crippen molar-refractivity contribution in [2.75, 3.05) is 6.54 Å². The zero-order valence-corrected chi connectivity index (χ0v) is 15.4. The van der Waals surface area contributed by atoms with E-state index in [2.05, 4.69) is 38.3 Å². The lowest BCUT2D eigenvalue weighted by molar-refractivity contribution is 0.0517. The van der Waals surface area contributed by atoms with Crippen LogP contribution in [-0.4, -0.2) is 30.3 Å². The number of amides is 1. The summed E-state index contributed by atoms with van der Waals surface area (Å²) in [7, 11) is 0. The number of rotatable bonds is 4. The number of carbonyl (C=O) groups is 1. The highest BCUT2D eigenvalue weighted by Crippen LogP contribution is 2.63. The summed E-state index contributed by atoms with van der Waals surface area (Å²) >= 11 is 0. The fourth-order valence-electron chi connectivity index (χ4n) is 3.86. The first-order valence-corrected chi connectivity index (χ1v) is 8.68. The third-order valence-electron chi connectivity index (χ3n) is 5.97. The molecule has 2 rings (SSSR count). The van der Waals surface area contributed by atoms with Gasteiger partial charge in [-0.05, 0) is 50.4 Å². The van der Waals surface area contributed by atoms with Gasteiger partial charge in [0.1, 0.15) is 5.60 Å². The smallest absolute Gasteiger partial charge is 0.407 e. The van der Waals surface area contributed by atoms with Crippen LogP contribution < -0.4 is 10.6 Å². The molecular formula is C18H34N2O2. The van der Waals surface area contributed by atoms with Crippen molar-refractivity contribution >= 4 is 6.09 Å². The van der Waals surface area contributed by atoms with Gasteiger partial charge in [0.2, 0.25) is 0 Å². The number of ether oxygens (including phenoxy) is 1. The van der Waals surface area contributed by atoms with Crippen LogP contribution in [0.5, 0.6) is 0 Å². The first-order chi connectivity index (χ1) is 9.95. The second-order valence-corrected chi connectivity index (χ2v) is 9.22. The zero-order chi connectivity index (χ0) is 16.8. The third-order valence-corrected chi connectivity index (χ3v) is 5.97. The van der Waals surface area contributed by atoms with Crippen molar-refractivity contribution in [3.05, 3.63) is 0 Å². The minimum atomic E-state index is -0.431. The van der Waals surface area contributed by atoms with Crippen LogP contribution in [-0.2, 0) is 4.74 Å². The Morgan fingerprint density at radius 3 is 2.23 bits per heavy atom. The van der Waals surface area contributed by atoms with Gasteiger partial charge < -0.3 is 15.4 Å². The topological polar surface area (TPSA) is 50.4 Å². The van der Waals surface area contributed by atoms with E-state index >= 15 is 0 Å². The van der Waals surface area contributed by atoms with E-state index in [4.69, 9.17) is 4.74 Å². The van der Waals surface area contributed by atoms with E-state index in [1.807, 2.05) is 20.8 Å². The predicted molar refractivity (Wildman–Crippen MR) is 89.9 cm³/mol. The Morgan fingerprint density at radius 1 is 1.14 bits per heavy atom. The van der Waals surface area contributed by atoms with Crippen molar-refractivity contribution in [2.24, 2.45) is 16.7 Å². The van der Waals surface area contributed by atoms with Crippen LogP contribution in [0.2, 0.25) is 0 Å². The van der Waals surface area contributed by atoms with E-state index in [0.29, 0.717) is 35.4 Å². The van der Waals surface area contributed by atoms with Gasteiger partial charge >= 0.3 is 6.09 Å². The van der Waals surface area contributed by atoms with E-state index in [0.717, 1.165) is 0 Å². The van der Waals surface area contributed by atoms with Crippen LogP contribution in [0, 0.1) is 16.7 Å². The molecule has 2 aliphatic rings. The van der Waals surface area contributed by atoms with Gasteiger partial charge in [-0.15, -0.1) is 0 Å². The average Bonchev–Trinajstić information content (AvgIpc) is 2.67. The van der Waals surface area contributed by atoms with Crippen molar-refractivity contribution in [2.45, 2.75) is 85.4 Å². The Morgan fingerprint density at radius 2 is 1.73 bits per heavy atom. The predicted octanol–water partition coefficient (Wildman–Crippen LogP) is 3.70. The number of hydrogen-bond donors (Lipinski definition) is 2. The lowest BCUT2D eigenvalue weighted by Gasteiger charge is -2.24. The Kier molecular flexibility index (Phi) is 4.55. The number of carbonyl (C=O) groups excluding carboxylic acids is 1. The molecular weight excluding hydrogens is 276 g/mol. The van der Waals surface area contributed by atoms with E-state index in [9.17, 15) is 4.79 Å². The quantitative estimate of drug-likeness (QED) is 0.832. The first kappa shape index (κ1) is 17.6. The Balaban J connectivity index is 1.81. The maximum atomic E-state index is 11.8. The largest absolute Gasteiger partial charge is 0.444 e. The van der Waals surface area contributed by atoms with Crippen molar-refractivity contribution in [3.63, 3.8) is 0 Å². The molecule has 0 spiro atoms. The summed E-state index contributed by atoms with van der Waals surface area (Å²) in [6, 6.07) is 1.09. The van der Waals surface area contributed by atoms with Crippen LogP contribution in [0.1, 0.15) is 67.7 Å². The van der Waals surface area contributed by atoms with E-state index < -0.39 is 5.60 Å². The standard InChI is InChI=1S/C18H34N2O2/c1-16(2,3)22-15(21)19-11-12-9-8-10-13(12)20-14-17(4,5)18(14,6)7/h12-14,20H,8-11H2,1-7H3,(H,19,21). The number of hydrogen-bond acceptors (Lipinski definition) is 3. The summed E-state index contributed by atoms with van der Waals surface area (Å²) in [4.78, 5) is 11.8. The van der Waals surface area contributed by atoms with Crippen LogP contribution in [0.4, 0.5) is 4.79 Å². The minimum absolute atomic E-state index is 0.301. The molecule has 0 aliphatic heterocycles. The normalized spacial score (nSPS) is 30.1. The molecule has 2 fully saturated rings.